The molecule has 0 spiro atoms. The summed E-state index contributed by atoms with van der Waals surface area (Å²) in [6.07, 6.45) is 0. The summed E-state index contributed by atoms with van der Waals surface area (Å²) in [4.78, 5) is 1.98. The highest BCUT2D eigenvalue weighted by molar-refractivity contribution is 7.80. The number of hydrogen-bond donors (Lipinski definition) is 1. The highest BCUT2D eigenvalue weighted by Crippen LogP contribution is 2.31. The minimum Gasteiger partial charge on any atom is -0.497 e. The summed E-state index contributed by atoms with van der Waals surface area (Å²) < 4.78 is 34.9. The minimum atomic E-state index is -0.283. The van der Waals surface area contributed by atoms with Gasteiger partial charge in [0.15, 0.2) is 16.6 Å². The predicted molar refractivity (Wildman–Crippen MR) is 131 cm³/mol. The van der Waals surface area contributed by atoms with E-state index in [4.69, 9.17) is 31.2 Å². The zero-order valence-corrected chi connectivity index (χ0v) is 19.9. The Morgan fingerprint density at radius 3 is 2.03 bits per heavy atom. The Bertz CT molecular complexity index is 1090. The molecule has 0 heterocycles. The van der Waals surface area contributed by atoms with Gasteiger partial charge in [0, 0.05) is 19.2 Å². The largest absolute Gasteiger partial charge is 0.497 e. The number of thiocarbonyl (C=S) groups is 1. The number of nitrogens with one attached hydrogen (secondary N) is 1. The van der Waals surface area contributed by atoms with E-state index < -0.39 is 0 Å². The van der Waals surface area contributed by atoms with Crippen LogP contribution in [0.25, 0.3) is 0 Å². The molecule has 1 N–H and O–H groups in total. The molecule has 8 heteroatoms. The Balaban J connectivity index is 1.88. The van der Waals surface area contributed by atoms with Crippen LogP contribution in [-0.2, 0) is 13.1 Å². The number of hydrogen-bond acceptors (Lipinski definition) is 5. The molecular weight excluding hydrogens is 443 g/mol. The van der Waals surface area contributed by atoms with E-state index in [2.05, 4.69) is 5.32 Å². The number of benzene rings is 3. The van der Waals surface area contributed by atoms with Gasteiger partial charge < -0.3 is 29.2 Å². The quantitative estimate of drug-likeness (QED) is 0.428. The SMILES string of the molecule is COc1ccc(NC(=S)N(Cc2ccc(F)cc2)Cc2ccc(OC)c(OC)c2)c(OC)c1. The summed E-state index contributed by atoms with van der Waals surface area (Å²) in [5, 5.41) is 3.75. The molecule has 0 bridgehead atoms. The van der Waals surface area contributed by atoms with Crippen molar-refractivity contribution in [3.05, 3.63) is 77.6 Å². The van der Waals surface area contributed by atoms with Crippen molar-refractivity contribution in [2.45, 2.75) is 13.1 Å². The molecule has 0 radical (unpaired) electrons. The first-order chi connectivity index (χ1) is 16.0. The van der Waals surface area contributed by atoms with E-state index in [1.54, 1.807) is 46.6 Å². The molecule has 0 unspecified atom stereocenters. The van der Waals surface area contributed by atoms with Crippen molar-refractivity contribution in [2.75, 3.05) is 33.8 Å². The van der Waals surface area contributed by atoms with Gasteiger partial charge in [-0.15, -0.1) is 0 Å². The molecule has 0 aliphatic carbocycles. The molecule has 0 aliphatic heterocycles. The Labute approximate surface area is 198 Å². The Morgan fingerprint density at radius 1 is 0.758 bits per heavy atom. The van der Waals surface area contributed by atoms with E-state index in [-0.39, 0.29) is 5.82 Å². The smallest absolute Gasteiger partial charge is 0.174 e. The molecule has 0 amide bonds. The third-order valence-electron chi connectivity index (χ3n) is 5.05. The molecule has 174 valence electrons. The molecule has 0 saturated carbocycles. The second kappa shape index (κ2) is 11.4. The Morgan fingerprint density at radius 2 is 1.39 bits per heavy atom. The minimum absolute atomic E-state index is 0.283. The molecule has 3 aromatic carbocycles. The van der Waals surface area contributed by atoms with E-state index in [1.807, 2.05) is 35.2 Å². The van der Waals surface area contributed by atoms with E-state index >= 15 is 0 Å². The number of ether oxygens (including phenoxy) is 4. The average molecular weight is 471 g/mol. The molecule has 0 fully saturated rings. The molecule has 0 saturated heterocycles. The summed E-state index contributed by atoms with van der Waals surface area (Å²) in [6, 6.07) is 17.5. The molecule has 0 aliphatic rings. The molecule has 33 heavy (non-hydrogen) atoms. The lowest BCUT2D eigenvalue weighted by Gasteiger charge is -2.27. The fourth-order valence-corrected chi connectivity index (χ4v) is 3.54. The lowest BCUT2D eigenvalue weighted by atomic mass is 10.1. The zero-order chi connectivity index (χ0) is 23.8. The van der Waals surface area contributed by atoms with Crippen molar-refractivity contribution in [3.8, 4) is 23.0 Å². The molecular formula is C25H27FN2O4S. The van der Waals surface area contributed by atoms with Crippen LogP contribution in [0.5, 0.6) is 23.0 Å². The lowest BCUT2D eigenvalue weighted by molar-refractivity contribution is 0.352. The highest BCUT2D eigenvalue weighted by Gasteiger charge is 2.16. The summed E-state index contributed by atoms with van der Waals surface area (Å²) in [5.74, 6) is 2.28. The second-order valence-corrected chi connectivity index (χ2v) is 7.55. The van der Waals surface area contributed by atoms with Gasteiger partial charge in [-0.25, -0.2) is 4.39 Å². The summed E-state index contributed by atoms with van der Waals surface area (Å²) in [5.41, 5.74) is 2.60. The Kier molecular flexibility index (Phi) is 8.32. The van der Waals surface area contributed by atoms with Gasteiger partial charge in [-0.1, -0.05) is 18.2 Å². The average Bonchev–Trinajstić information content (AvgIpc) is 2.84. The Hall–Kier alpha value is -3.52. The van der Waals surface area contributed by atoms with Gasteiger partial charge in [0.2, 0.25) is 0 Å². The van der Waals surface area contributed by atoms with Crippen LogP contribution in [0, 0.1) is 5.82 Å². The molecule has 0 aromatic heterocycles. The highest BCUT2D eigenvalue weighted by atomic mass is 32.1. The van der Waals surface area contributed by atoms with Crippen LogP contribution in [0.3, 0.4) is 0 Å². The predicted octanol–water partition coefficient (Wildman–Crippen LogP) is 5.26. The fraction of sp³-hybridized carbons (Fsp3) is 0.240. The molecule has 0 atom stereocenters. The first kappa shape index (κ1) is 24.1. The van der Waals surface area contributed by atoms with Crippen molar-refractivity contribution < 1.29 is 23.3 Å². The van der Waals surface area contributed by atoms with Crippen LogP contribution < -0.4 is 24.3 Å². The fourth-order valence-electron chi connectivity index (χ4n) is 3.31. The topological polar surface area (TPSA) is 52.2 Å². The monoisotopic (exact) mass is 470 g/mol. The third kappa shape index (κ3) is 6.26. The number of halogens is 1. The van der Waals surface area contributed by atoms with E-state index in [9.17, 15) is 4.39 Å². The lowest BCUT2D eigenvalue weighted by Crippen LogP contribution is -2.34. The van der Waals surface area contributed by atoms with Gasteiger partial charge in [-0.3, -0.25) is 0 Å². The maximum atomic E-state index is 13.4. The van der Waals surface area contributed by atoms with E-state index in [0.717, 1.165) is 11.1 Å². The third-order valence-corrected chi connectivity index (χ3v) is 5.41. The van der Waals surface area contributed by atoms with Gasteiger partial charge in [-0.2, -0.15) is 0 Å². The van der Waals surface area contributed by atoms with Crippen LogP contribution in [0.4, 0.5) is 10.1 Å². The van der Waals surface area contributed by atoms with E-state index in [1.165, 1.54) is 12.1 Å². The van der Waals surface area contributed by atoms with Crippen LogP contribution in [-0.4, -0.2) is 38.5 Å². The van der Waals surface area contributed by atoms with Crippen LogP contribution in [0.15, 0.2) is 60.7 Å². The zero-order valence-electron chi connectivity index (χ0n) is 19.1. The van der Waals surface area contributed by atoms with Gasteiger partial charge in [0.05, 0.1) is 34.1 Å². The van der Waals surface area contributed by atoms with Gasteiger partial charge in [0.25, 0.3) is 0 Å². The maximum absolute atomic E-state index is 13.4. The van der Waals surface area contributed by atoms with Crippen LogP contribution in [0.1, 0.15) is 11.1 Å². The number of rotatable bonds is 9. The van der Waals surface area contributed by atoms with Gasteiger partial charge >= 0.3 is 0 Å². The number of methoxy groups -OCH3 is 4. The summed E-state index contributed by atoms with van der Waals surface area (Å²) in [6.45, 7) is 0.959. The second-order valence-electron chi connectivity index (χ2n) is 7.17. The molecule has 3 aromatic rings. The van der Waals surface area contributed by atoms with Crippen LogP contribution >= 0.6 is 12.2 Å². The summed E-state index contributed by atoms with van der Waals surface area (Å²) in [7, 11) is 6.38. The number of nitrogens with zero attached hydrogens (tertiary/aromatic N) is 1. The number of anilines is 1. The van der Waals surface area contributed by atoms with Crippen molar-refractivity contribution in [1.29, 1.82) is 0 Å². The van der Waals surface area contributed by atoms with Crippen molar-refractivity contribution in [3.63, 3.8) is 0 Å². The first-order valence-corrected chi connectivity index (χ1v) is 10.6. The van der Waals surface area contributed by atoms with Gasteiger partial charge in [-0.05, 0) is 59.7 Å². The standard InChI is InChI=1S/C25H27FN2O4S/c1-29-20-10-11-21(23(14-20)31-3)27-25(33)28(15-17-5-8-19(26)9-6-17)16-18-7-12-22(30-2)24(13-18)32-4/h5-14H,15-16H2,1-4H3,(H,27,33). The van der Waals surface area contributed by atoms with Crippen molar-refractivity contribution >= 4 is 23.0 Å². The van der Waals surface area contributed by atoms with Crippen LogP contribution in [0.2, 0.25) is 0 Å². The molecule has 6 nitrogen and oxygen atoms in total. The van der Waals surface area contributed by atoms with Gasteiger partial charge in [0.1, 0.15) is 17.3 Å². The van der Waals surface area contributed by atoms with E-state index in [0.29, 0.717) is 46.9 Å². The first-order valence-electron chi connectivity index (χ1n) is 10.2. The van der Waals surface area contributed by atoms with Crippen molar-refractivity contribution in [2.24, 2.45) is 0 Å². The maximum Gasteiger partial charge on any atom is 0.174 e. The molecule has 3 rings (SSSR count). The summed E-state index contributed by atoms with van der Waals surface area (Å²) >= 11 is 5.76. The van der Waals surface area contributed by atoms with Crippen molar-refractivity contribution in [1.82, 2.24) is 4.90 Å². The normalized spacial score (nSPS) is 10.3.